The van der Waals surface area contributed by atoms with E-state index < -0.39 is 0 Å². The van der Waals surface area contributed by atoms with Gasteiger partial charge in [0.05, 0.1) is 7.11 Å². The van der Waals surface area contributed by atoms with Crippen molar-refractivity contribution in [1.29, 1.82) is 0 Å². The van der Waals surface area contributed by atoms with Crippen LogP contribution in [0.2, 0.25) is 0 Å². The predicted octanol–water partition coefficient (Wildman–Crippen LogP) is 2.82. The summed E-state index contributed by atoms with van der Waals surface area (Å²) in [5, 5.41) is 5.95. The van der Waals surface area contributed by atoms with Crippen LogP contribution in [0, 0.1) is 0 Å². The second-order valence-corrected chi connectivity index (χ2v) is 5.56. The third-order valence-corrected chi connectivity index (χ3v) is 4.17. The molecule has 0 amide bonds. The first kappa shape index (κ1) is 14.1. The molecule has 1 N–H and O–H groups in total. The maximum atomic E-state index is 5.37. The lowest BCUT2D eigenvalue weighted by molar-refractivity contribution is 0.415. The van der Waals surface area contributed by atoms with Crippen LogP contribution in [0.1, 0.15) is 19.8 Å². The summed E-state index contributed by atoms with van der Waals surface area (Å²) >= 11 is 0. The van der Waals surface area contributed by atoms with Crippen molar-refractivity contribution in [2.45, 2.75) is 25.8 Å². The van der Waals surface area contributed by atoms with Gasteiger partial charge < -0.3 is 15.0 Å². The molecule has 0 spiro atoms. The van der Waals surface area contributed by atoms with Crippen LogP contribution >= 0.6 is 0 Å². The van der Waals surface area contributed by atoms with Crippen molar-refractivity contribution in [2.24, 2.45) is 0 Å². The fourth-order valence-electron chi connectivity index (χ4n) is 3.14. The van der Waals surface area contributed by atoms with Crippen LogP contribution in [0.15, 0.2) is 30.5 Å². The van der Waals surface area contributed by atoms with Crippen molar-refractivity contribution in [3.05, 3.63) is 30.5 Å². The molecule has 1 unspecified atom stereocenters. The van der Waals surface area contributed by atoms with E-state index in [1.165, 1.54) is 23.6 Å². The number of nitrogens with zero attached hydrogens (tertiary/aromatic N) is 2. The highest BCUT2D eigenvalue weighted by atomic mass is 16.5. The number of hydrogen-bond donors (Lipinski definition) is 1. The Morgan fingerprint density at radius 1 is 1.38 bits per heavy atom. The molecule has 0 radical (unpaired) electrons. The van der Waals surface area contributed by atoms with E-state index in [0.29, 0.717) is 6.04 Å². The minimum absolute atomic E-state index is 0.561. The Morgan fingerprint density at radius 2 is 2.29 bits per heavy atom. The normalized spacial score (nSPS) is 19.0. The van der Waals surface area contributed by atoms with Crippen LogP contribution in [0.4, 0.5) is 5.82 Å². The molecule has 3 rings (SSSR count). The quantitative estimate of drug-likeness (QED) is 0.937. The summed E-state index contributed by atoms with van der Waals surface area (Å²) in [5.74, 6) is 1.96. The molecule has 2 heterocycles. The van der Waals surface area contributed by atoms with E-state index in [1.54, 1.807) is 7.11 Å². The highest BCUT2D eigenvalue weighted by molar-refractivity contribution is 5.93. The number of ether oxygens (including phenoxy) is 1. The van der Waals surface area contributed by atoms with Crippen LogP contribution < -0.4 is 15.0 Å². The minimum atomic E-state index is 0.561. The van der Waals surface area contributed by atoms with E-state index in [1.807, 2.05) is 12.3 Å². The average Bonchev–Trinajstić information content (AvgIpc) is 2.54. The summed E-state index contributed by atoms with van der Waals surface area (Å²) in [6, 6.07) is 8.82. The summed E-state index contributed by atoms with van der Waals surface area (Å²) in [7, 11) is 1.71. The van der Waals surface area contributed by atoms with Crippen molar-refractivity contribution in [1.82, 2.24) is 10.3 Å². The number of rotatable bonds is 4. The van der Waals surface area contributed by atoms with Gasteiger partial charge in [-0.05, 0) is 43.0 Å². The predicted molar refractivity (Wildman–Crippen MR) is 87.2 cm³/mol. The number of likely N-dealkylation sites (N-methyl/N-ethyl adjacent to an activating group) is 1. The van der Waals surface area contributed by atoms with Gasteiger partial charge in [0.25, 0.3) is 0 Å². The van der Waals surface area contributed by atoms with Gasteiger partial charge >= 0.3 is 0 Å². The Bertz CT molecular complexity index is 612. The first-order valence-corrected chi connectivity index (χ1v) is 7.73. The molecular formula is C17H23N3O. The molecule has 2 aromatic rings. The molecule has 1 aliphatic rings. The van der Waals surface area contributed by atoms with Crippen molar-refractivity contribution in [3.8, 4) is 5.75 Å². The lowest BCUT2D eigenvalue weighted by atomic mass is 10.0. The second-order valence-electron chi connectivity index (χ2n) is 5.56. The molecule has 1 aromatic carbocycles. The molecule has 0 bridgehead atoms. The van der Waals surface area contributed by atoms with Crippen LogP contribution in [-0.2, 0) is 0 Å². The van der Waals surface area contributed by atoms with Crippen molar-refractivity contribution >= 4 is 16.6 Å². The Labute approximate surface area is 126 Å². The maximum Gasteiger partial charge on any atom is 0.136 e. The first-order valence-electron chi connectivity index (χ1n) is 7.73. The smallest absolute Gasteiger partial charge is 0.136 e. The van der Waals surface area contributed by atoms with E-state index >= 15 is 0 Å². The number of anilines is 1. The Morgan fingerprint density at radius 3 is 3.10 bits per heavy atom. The standard InChI is InChI=1S/C17H23N3O/c1-3-18-14-5-4-10-20(12-14)17-16-11-15(21-2)7-6-13(16)8-9-19-17/h6-9,11,14,18H,3-5,10,12H2,1-2H3. The van der Waals surface area contributed by atoms with Crippen LogP contribution in [0.5, 0.6) is 5.75 Å². The molecular weight excluding hydrogens is 262 g/mol. The third kappa shape index (κ3) is 2.95. The molecule has 1 atom stereocenters. The molecule has 4 heteroatoms. The summed E-state index contributed by atoms with van der Waals surface area (Å²) in [6.07, 6.45) is 4.36. The fraction of sp³-hybridized carbons (Fsp3) is 0.471. The second kappa shape index (κ2) is 6.31. The molecule has 112 valence electrons. The van der Waals surface area contributed by atoms with Gasteiger partial charge in [-0.1, -0.05) is 13.0 Å². The number of pyridine rings is 1. The molecule has 1 saturated heterocycles. The topological polar surface area (TPSA) is 37.4 Å². The lowest BCUT2D eigenvalue weighted by Gasteiger charge is -2.34. The highest BCUT2D eigenvalue weighted by Gasteiger charge is 2.21. The van der Waals surface area contributed by atoms with Gasteiger partial charge in [-0.3, -0.25) is 0 Å². The first-order chi connectivity index (χ1) is 10.3. The van der Waals surface area contributed by atoms with Gasteiger partial charge in [0.15, 0.2) is 0 Å². The molecule has 21 heavy (non-hydrogen) atoms. The zero-order valence-electron chi connectivity index (χ0n) is 12.8. The summed E-state index contributed by atoms with van der Waals surface area (Å²) in [4.78, 5) is 7.04. The number of methoxy groups -OCH3 is 1. The van der Waals surface area contributed by atoms with Gasteiger partial charge in [-0.15, -0.1) is 0 Å². The highest BCUT2D eigenvalue weighted by Crippen LogP contribution is 2.29. The van der Waals surface area contributed by atoms with Crippen LogP contribution in [0.3, 0.4) is 0 Å². The number of piperidine rings is 1. The zero-order valence-corrected chi connectivity index (χ0v) is 12.8. The summed E-state index contributed by atoms with van der Waals surface area (Å²) < 4.78 is 5.37. The average molecular weight is 285 g/mol. The van der Waals surface area contributed by atoms with Crippen LogP contribution in [0.25, 0.3) is 10.8 Å². The Hall–Kier alpha value is -1.81. The molecule has 0 aliphatic carbocycles. The summed E-state index contributed by atoms with van der Waals surface area (Å²) in [6.45, 7) is 5.29. The number of aromatic nitrogens is 1. The minimum Gasteiger partial charge on any atom is -0.497 e. The molecule has 4 nitrogen and oxygen atoms in total. The SMILES string of the molecule is CCNC1CCCN(c2nccc3ccc(OC)cc23)C1. The zero-order chi connectivity index (χ0) is 14.7. The maximum absolute atomic E-state index is 5.37. The number of nitrogens with one attached hydrogen (secondary N) is 1. The van der Waals surface area contributed by atoms with Gasteiger partial charge in [-0.25, -0.2) is 4.98 Å². The van der Waals surface area contributed by atoms with Gasteiger partial charge in [-0.2, -0.15) is 0 Å². The van der Waals surface area contributed by atoms with E-state index in [9.17, 15) is 0 Å². The largest absolute Gasteiger partial charge is 0.497 e. The molecule has 1 aliphatic heterocycles. The summed E-state index contributed by atoms with van der Waals surface area (Å²) in [5.41, 5.74) is 0. The monoisotopic (exact) mass is 285 g/mol. The number of hydrogen-bond acceptors (Lipinski definition) is 4. The molecule has 1 fully saturated rings. The van der Waals surface area contributed by atoms with E-state index in [4.69, 9.17) is 4.74 Å². The number of benzene rings is 1. The number of fused-ring (bicyclic) bond motifs is 1. The third-order valence-electron chi connectivity index (χ3n) is 4.17. The van der Waals surface area contributed by atoms with Gasteiger partial charge in [0, 0.05) is 30.7 Å². The lowest BCUT2D eigenvalue weighted by Crippen LogP contribution is -2.46. The van der Waals surface area contributed by atoms with Crippen LogP contribution in [-0.4, -0.2) is 37.8 Å². The molecule has 1 aromatic heterocycles. The van der Waals surface area contributed by atoms with E-state index in [-0.39, 0.29) is 0 Å². The van der Waals surface area contributed by atoms with Gasteiger partial charge in [0.1, 0.15) is 11.6 Å². The fourth-order valence-corrected chi connectivity index (χ4v) is 3.14. The Balaban J connectivity index is 1.95. The van der Waals surface area contributed by atoms with Crippen molar-refractivity contribution in [3.63, 3.8) is 0 Å². The van der Waals surface area contributed by atoms with E-state index in [0.717, 1.165) is 31.2 Å². The van der Waals surface area contributed by atoms with Crippen molar-refractivity contribution < 1.29 is 4.74 Å². The van der Waals surface area contributed by atoms with E-state index in [2.05, 4.69) is 40.3 Å². The van der Waals surface area contributed by atoms with Crippen molar-refractivity contribution in [2.75, 3.05) is 31.6 Å². The van der Waals surface area contributed by atoms with Gasteiger partial charge in [0.2, 0.25) is 0 Å². The molecule has 0 saturated carbocycles. The Kier molecular flexibility index (Phi) is 4.25.